The first kappa shape index (κ1) is 20.7. The second-order valence-electron chi connectivity index (χ2n) is 6.45. The Morgan fingerprint density at radius 2 is 1.38 bits per heavy atom. The molecule has 0 aliphatic heterocycles. The molecule has 29 heavy (non-hydrogen) atoms. The van der Waals surface area contributed by atoms with Crippen molar-refractivity contribution in [2.45, 2.75) is 19.3 Å². The van der Waals surface area contributed by atoms with Crippen molar-refractivity contribution in [1.82, 2.24) is 4.90 Å². The highest BCUT2D eigenvalue weighted by Gasteiger charge is 2.34. The Morgan fingerprint density at radius 1 is 0.862 bits per heavy atom. The summed E-state index contributed by atoms with van der Waals surface area (Å²) in [6.45, 7) is 0.493. The van der Waals surface area contributed by atoms with Gasteiger partial charge in [-0.1, -0.05) is 72.3 Å². The molecule has 0 saturated carbocycles. The molecule has 0 aromatic heterocycles. The third kappa shape index (κ3) is 5.74. The number of alkyl halides is 3. The van der Waals surface area contributed by atoms with E-state index >= 15 is 0 Å². The van der Waals surface area contributed by atoms with Crippen LogP contribution in [0.1, 0.15) is 16.7 Å². The van der Waals surface area contributed by atoms with Gasteiger partial charge in [-0.25, -0.2) is 4.79 Å². The van der Waals surface area contributed by atoms with Crippen LogP contribution >= 0.6 is 11.6 Å². The van der Waals surface area contributed by atoms with Crippen molar-refractivity contribution in [1.29, 1.82) is 0 Å². The molecule has 0 spiro atoms. The Labute approximate surface area is 171 Å². The Morgan fingerprint density at radius 3 is 1.86 bits per heavy atom. The molecule has 2 amide bonds. The van der Waals surface area contributed by atoms with Crippen molar-refractivity contribution < 1.29 is 18.0 Å². The first-order valence-corrected chi connectivity index (χ1v) is 9.21. The van der Waals surface area contributed by atoms with Crippen molar-refractivity contribution in [2.75, 3.05) is 5.32 Å². The highest BCUT2D eigenvalue weighted by Crippen LogP contribution is 2.36. The normalized spacial score (nSPS) is 11.2. The van der Waals surface area contributed by atoms with Gasteiger partial charge in [0.25, 0.3) is 0 Å². The van der Waals surface area contributed by atoms with E-state index in [9.17, 15) is 18.0 Å². The largest absolute Gasteiger partial charge is 0.418 e. The lowest BCUT2D eigenvalue weighted by atomic mass is 10.1. The molecule has 0 aliphatic rings. The zero-order valence-electron chi connectivity index (χ0n) is 15.3. The minimum atomic E-state index is -4.64. The zero-order valence-corrected chi connectivity index (χ0v) is 16.0. The van der Waals surface area contributed by atoms with Gasteiger partial charge in [0, 0.05) is 18.1 Å². The minimum absolute atomic E-state index is 0.0549. The molecular weight excluding hydrogens is 401 g/mol. The number of carbonyl (C=O) groups is 1. The molecule has 0 saturated heterocycles. The molecule has 0 unspecified atom stereocenters. The van der Waals surface area contributed by atoms with Crippen LogP contribution in [0, 0.1) is 0 Å². The maximum absolute atomic E-state index is 13.4. The number of carbonyl (C=O) groups excluding carboxylic acids is 1. The number of urea groups is 1. The number of anilines is 1. The summed E-state index contributed by atoms with van der Waals surface area (Å²) in [5.74, 6) is 0. The predicted molar refractivity (Wildman–Crippen MR) is 108 cm³/mol. The van der Waals surface area contributed by atoms with Gasteiger partial charge in [-0.15, -0.1) is 0 Å². The Balaban J connectivity index is 1.87. The van der Waals surface area contributed by atoms with Crippen LogP contribution in [-0.4, -0.2) is 10.9 Å². The summed E-state index contributed by atoms with van der Waals surface area (Å²) in [6, 6.07) is 21.1. The van der Waals surface area contributed by atoms with Crippen molar-refractivity contribution in [3.63, 3.8) is 0 Å². The molecule has 3 rings (SSSR count). The fourth-order valence-electron chi connectivity index (χ4n) is 2.86. The molecule has 0 bridgehead atoms. The summed E-state index contributed by atoms with van der Waals surface area (Å²) < 4.78 is 40.1. The molecule has 0 heterocycles. The third-order valence-corrected chi connectivity index (χ3v) is 4.48. The van der Waals surface area contributed by atoms with Crippen molar-refractivity contribution in [3.8, 4) is 0 Å². The van der Waals surface area contributed by atoms with E-state index in [4.69, 9.17) is 11.6 Å². The smallest absolute Gasteiger partial charge is 0.316 e. The molecule has 0 atom stereocenters. The lowest BCUT2D eigenvalue weighted by Crippen LogP contribution is -2.34. The molecule has 0 fully saturated rings. The number of nitrogens with one attached hydrogen (secondary N) is 1. The van der Waals surface area contributed by atoms with Gasteiger partial charge in [-0.3, -0.25) is 0 Å². The van der Waals surface area contributed by atoms with Gasteiger partial charge in [0.15, 0.2) is 0 Å². The second-order valence-corrected chi connectivity index (χ2v) is 6.88. The van der Waals surface area contributed by atoms with Gasteiger partial charge in [-0.05, 0) is 29.3 Å². The zero-order chi connectivity index (χ0) is 20.9. The van der Waals surface area contributed by atoms with Crippen LogP contribution in [0.3, 0.4) is 0 Å². The van der Waals surface area contributed by atoms with E-state index in [0.29, 0.717) is 0 Å². The number of benzene rings is 3. The second kappa shape index (κ2) is 9.01. The number of nitrogens with zero attached hydrogens (tertiary/aromatic N) is 1. The standard InChI is InChI=1S/C22H18ClF3N2O/c23-18-11-12-20(19(13-18)22(24,25)26)27-21(29)28(14-16-7-3-1-4-8-16)15-17-9-5-2-6-10-17/h1-13H,14-15H2,(H,27,29). The molecule has 0 radical (unpaired) electrons. The van der Waals surface area contributed by atoms with Gasteiger partial charge in [-0.2, -0.15) is 13.2 Å². The summed E-state index contributed by atoms with van der Waals surface area (Å²) in [4.78, 5) is 14.4. The van der Waals surface area contributed by atoms with Gasteiger partial charge >= 0.3 is 12.2 Å². The number of hydrogen-bond acceptors (Lipinski definition) is 1. The van der Waals surface area contributed by atoms with Crippen LogP contribution in [-0.2, 0) is 19.3 Å². The van der Waals surface area contributed by atoms with Crippen molar-refractivity contribution in [2.24, 2.45) is 0 Å². The van der Waals surface area contributed by atoms with E-state index < -0.39 is 17.8 Å². The van der Waals surface area contributed by atoms with E-state index in [1.165, 1.54) is 11.0 Å². The fourth-order valence-corrected chi connectivity index (χ4v) is 3.03. The lowest BCUT2D eigenvalue weighted by Gasteiger charge is -2.24. The highest BCUT2D eigenvalue weighted by molar-refractivity contribution is 6.30. The molecule has 7 heteroatoms. The highest BCUT2D eigenvalue weighted by atomic mass is 35.5. The first-order valence-electron chi connectivity index (χ1n) is 8.83. The molecule has 1 N–H and O–H groups in total. The van der Waals surface area contributed by atoms with E-state index in [2.05, 4.69) is 5.32 Å². The summed E-state index contributed by atoms with van der Waals surface area (Å²) in [6.07, 6.45) is -4.64. The van der Waals surface area contributed by atoms with E-state index in [1.807, 2.05) is 60.7 Å². The first-order chi connectivity index (χ1) is 13.8. The maximum atomic E-state index is 13.4. The monoisotopic (exact) mass is 418 g/mol. The topological polar surface area (TPSA) is 32.3 Å². The summed E-state index contributed by atoms with van der Waals surface area (Å²) >= 11 is 5.71. The molecular formula is C22H18ClF3N2O. The number of amides is 2. The van der Waals surface area contributed by atoms with Gasteiger partial charge in [0.1, 0.15) is 0 Å². The Bertz CT molecular complexity index is 921. The predicted octanol–water partition coefficient (Wildman–Crippen LogP) is 6.59. The van der Waals surface area contributed by atoms with Crippen molar-refractivity contribution >= 4 is 23.3 Å². The van der Waals surface area contributed by atoms with E-state index in [-0.39, 0.29) is 23.8 Å². The van der Waals surface area contributed by atoms with Crippen LogP contribution < -0.4 is 5.32 Å². The SMILES string of the molecule is O=C(Nc1ccc(Cl)cc1C(F)(F)F)N(Cc1ccccc1)Cc1ccccc1. The van der Waals surface area contributed by atoms with Gasteiger partial charge < -0.3 is 10.2 Å². The average Bonchev–Trinajstić information content (AvgIpc) is 2.69. The van der Waals surface area contributed by atoms with Crippen molar-refractivity contribution in [3.05, 3.63) is 101 Å². The maximum Gasteiger partial charge on any atom is 0.418 e. The summed E-state index contributed by atoms with van der Waals surface area (Å²) in [5.41, 5.74) is 0.409. The van der Waals surface area contributed by atoms with Crippen LogP contribution in [0.4, 0.5) is 23.7 Å². The van der Waals surface area contributed by atoms with Crippen LogP contribution in [0.5, 0.6) is 0 Å². The number of hydrogen-bond donors (Lipinski definition) is 1. The Hall–Kier alpha value is -2.99. The molecule has 3 aromatic carbocycles. The average molecular weight is 419 g/mol. The molecule has 0 aliphatic carbocycles. The number of rotatable bonds is 5. The van der Waals surface area contributed by atoms with E-state index in [1.54, 1.807) is 0 Å². The summed E-state index contributed by atoms with van der Waals surface area (Å²) in [5, 5.41) is 2.34. The van der Waals surface area contributed by atoms with Crippen LogP contribution in [0.15, 0.2) is 78.9 Å². The summed E-state index contributed by atoms with van der Waals surface area (Å²) in [7, 11) is 0. The van der Waals surface area contributed by atoms with Gasteiger partial charge in [0.05, 0.1) is 11.3 Å². The van der Waals surface area contributed by atoms with Crippen LogP contribution in [0.2, 0.25) is 5.02 Å². The lowest BCUT2D eigenvalue weighted by molar-refractivity contribution is -0.136. The number of halogens is 4. The molecule has 3 aromatic rings. The molecule has 3 nitrogen and oxygen atoms in total. The Kier molecular flexibility index (Phi) is 6.44. The molecule has 150 valence electrons. The van der Waals surface area contributed by atoms with E-state index in [0.717, 1.165) is 23.3 Å². The quantitative estimate of drug-likeness (QED) is 0.497. The minimum Gasteiger partial charge on any atom is -0.316 e. The third-order valence-electron chi connectivity index (χ3n) is 4.25. The van der Waals surface area contributed by atoms with Crippen LogP contribution in [0.25, 0.3) is 0 Å². The fraction of sp³-hybridized carbons (Fsp3) is 0.136. The van der Waals surface area contributed by atoms with Gasteiger partial charge in [0.2, 0.25) is 0 Å².